The zero-order chi connectivity index (χ0) is 27.4. The number of hydrogen-bond acceptors (Lipinski definition) is 0. The molecular formula is C36H40KNd-. The Bertz CT molecular complexity index is 772. The summed E-state index contributed by atoms with van der Waals surface area (Å²) in [7, 11) is 0. The minimum atomic E-state index is 0. The van der Waals surface area contributed by atoms with E-state index >= 15 is 0 Å². The monoisotopic (exact) mass is 653 g/mol. The second-order valence-corrected chi connectivity index (χ2v) is 9.23. The predicted octanol–water partition coefficient (Wildman–Crippen LogP) is 6.20. The van der Waals surface area contributed by atoms with Crippen LogP contribution in [0.15, 0.2) is 60.7 Å². The Morgan fingerprint density at radius 2 is 0.526 bits per heavy atom. The first kappa shape index (κ1) is 40.7. The fraction of sp³-hybridized carbons (Fsp3) is 0.278. The van der Waals surface area contributed by atoms with Gasteiger partial charge in [0.25, 0.3) is 0 Å². The van der Waals surface area contributed by atoms with Crippen LogP contribution >= 0.6 is 0 Å². The van der Waals surface area contributed by atoms with Crippen molar-refractivity contribution in [3.05, 3.63) is 144 Å². The molecule has 0 heterocycles. The molecule has 190 valence electrons. The second-order valence-electron chi connectivity index (χ2n) is 9.23. The Morgan fingerprint density at radius 3 is 0.632 bits per heavy atom. The summed E-state index contributed by atoms with van der Waals surface area (Å²) < 4.78 is 0. The van der Waals surface area contributed by atoms with E-state index in [1.54, 1.807) is 0 Å². The third kappa shape index (κ3) is 12.6. The molecule has 0 aliphatic heterocycles. The summed E-state index contributed by atoms with van der Waals surface area (Å²) in [5.74, 6) is 19.2. The zero-order valence-corrected chi connectivity index (χ0v) is 31.6. The molecule has 38 heavy (non-hydrogen) atoms. The molecule has 2 aliphatic rings. The summed E-state index contributed by atoms with van der Waals surface area (Å²) in [5.41, 5.74) is 1.65. The van der Waals surface area contributed by atoms with Crippen LogP contribution in [0.3, 0.4) is 0 Å². The van der Waals surface area contributed by atoms with E-state index in [2.05, 4.69) is 81.1 Å². The molecule has 0 spiro atoms. The fourth-order valence-corrected chi connectivity index (χ4v) is 3.86. The van der Waals surface area contributed by atoms with Crippen molar-refractivity contribution in [2.24, 2.45) is 0 Å². The Hall–Kier alpha value is 0.547. The van der Waals surface area contributed by atoms with Gasteiger partial charge in [0.2, 0.25) is 0 Å². The smallest absolute Gasteiger partial charge is 0.366 e. The van der Waals surface area contributed by atoms with Crippen molar-refractivity contribution in [3.63, 3.8) is 0 Å². The summed E-state index contributed by atoms with van der Waals surface area (Å²) in [5, 5.41) is 0. The van der Waals surface area contributed by atoms with Crippen LogP contribution in [0.25, 0.3) is 0 Å². The van der Waals surface area contributed by atoms with E-state index in [0.717, 1.165) is 11.1 Å². The number of hydrogen-bond donors (Lipinski definition) is 0. The van der Waals surface area contributed by atoms with Crippen LogP contribution in [-0.4, -0.2) is 0 Å². The molecule has 2 aromatic rings. The van der Waals surface area contributed by atoms with Crippen LogP contribution in [0.2, 0.25) is 0 Å². The SMILES string of the molecule is C[C]1[C](C)[C](C)[C](C)[C]1C.C[C]1[C](C)[C](C)[C](C)[C]1C.[C-]#Cc1ccccc1.[C-]#Cc1ccccc1.[K+].[Nd]. The van der Waals surface area contributed by atoms with Crippen LogP contribution in [0.4, 0.5) is 0 Å². The summed E-state index contributed by atoms with van der Waals surface area (Å²) in [4.78, 5) is 0. The Morgan fingerprint density at radius 1 is 0.368 bits per heavy atom. The van der Waals surface area contributed by atoms with Gasteiger partial charge in [-0.05, 0) is 59.2 Å². The van der Waals surface area contributed by atoms with Gasteiger partial charge in [0.1, 0.15) is 0 Å². The number of rotatable bonds is 0. The first-order valence-corrected chi connectivity index (χ1v) is 12.3. The quantitative estimate of drug-likeness (QED) is 0.180. The predicted molar refractivity (Wildman–Crippen MR) is 155 cm³/mol. The summed E-state index contributed by atoms with van der Waals surface area (Å²) in [6.07, 6.45) is 13.4. The van der Waals surface area contributed by atoms with Crippen molar-refractivity contribution in [2.75, 3.05) is 0 Å². The van der Waals surface area contributed by atoms with E-state index in [4.69, 9.17) is 12.8 Å². The molecule has 2 aliphatic carbocycles. The summed E-state index contributed by atoms with van der Waals surface area (Å²) in [6, 6.07) is 18.7. The minimum absolute atomic E-state index is 0. The van der Waals surface area contributed by atoms with Crippen molar-refractivity contribution >= 4 is 0 Å². The van der Waals surface area contributed by atoms with E-state index in [9.17, 15) is 0 Å². The first-order chi connectivity index (χ1) is 17.0. The van der Waals surface area contributed by atoms with Crippen molar-refractivity contribution < 1.29 is 92.2 Å². The molecule has 0 atom stereocenters. The largest absolute Gasteiger partial charge is 1.00 e. The molecule has 2 heteroatoms. The third-order valence-corrected chi connectivity index (χ3v) is 7.46. The Labute approximate surface area is 312 Å². The van der Waals surface area contributed by atoms with Gasteiger partial charge in [-0.3, -0.25) is 11.8 Å². The van der Waals surface area contributed by atoms with Crippen molar-refractivity contribution in [1.82, 2.24) is 0 Å². The van der Waals surface area contributed by atoms with Crippen LogP contribution in [-0.2, 0) is 0 Å². The molecule has 0 aromatic heterocycles. The maximum atomic E-state index is 6.69. The molecule has 2 fully saturated rings. The van der Waals surface area contributed by atoms with Crippen molar-refractivity contribution in [3.8, 4) is 11.8 Å². The molecule has 2 saturated carbocycles. The molecule has 0 N–H and O–H groups in total. The maximum absolute atomic E-state index is 6.69. The van der Waals surface area contributed by atoms with Gasteiger partial charge in [-0.2, -0.15) is 0 Å². The summed E-state index contributed by atoms with van der Waals surface area (Å²) >= 11 is 0. The van der Waals surface area contributed by atoms with Crippen LogP contribution in [0.1, 0.15) is 80.4 Å². The number of benzene rings is 2. The van der Waals surface area contributed by atoms with Crippen molar-refractivity contribution in [1.29, 1.82) is 0 Å². The van der Waals surface area contributed by atoms with Gasteiger partial charge in [0.15, 0.2) is 0 Å². The molecule has 4 rings (SSSR count). The Kier molecular flexibility index (Phi) is 22.8. The van der Waals surface area contributed by atoms with Gasteiger partial charge >= 0.3 is 51.4 Å². The van der Waals surface area contributed by atoms with E-state index in [-0.39, 0.29) is 92.2 Å². The Balaban J connectivity index is 0. The van der Waals surface area contributed by atoms with Gasteiger partial charge in [0.05, 0.1) is 0 Å². The fourth-order valence-electron chi connectivity index (χ4n) is 3.86. The molecule has 0 unspecified atom stereocenters. The second kappa shape index (κ2) is 21.3. The molecule has 0 nitrogen and oxygen atoms in total. The normalized spacial score (nSPS) is 18.3. The standard InChI is InChI=1S/2C10H15.2C8H5.K.Nd/c2*1-6-7(2)9(4)10(5)8(6)3;2*1-2-8-6-4-3-5-7-8;;/h2*1-5H3;2*3-7H;;/q;;2*-1;+1;. The van der Waals surface area contributed by atoms with E-state index < -0.39 is 0 Å². The maximum Gasteiger partial charge on any atom is 1.00 e. The van der Waals surface area contributed by atoms with E-state index in [0.29, 0.717) is 0 Å². The minimum Gasteiger partial charge on any atom is -0.366 e. The van der Waals surface area contributed by atoms with Gasteiger partial charge < -0.3 is 12.8 Å². The van der Waals surface area contributed by atoms with Gasteiger partial charge in [0, 0.05) is 40.8 Å². The zero-order valence-electron chi connectivity index (χ0n) is 25.3. The topological polar surface area (TPSA) is 0 Å². The third-order valence-electron chi connectivity index (χ3n) is 7.46. The van der Waals surface area contributed by atoms with Crippen LogP contribution in [0, 0.1) is 125 Å². The average Bonchev–Trinajstić information content (AvgIpc) is 3.20. The average molecular weight is 656 g/mol. The molecule has 10 radical (unpaired) electrons. The van der Waals surface area contributed by atoms with E-state index in [1.807, 2.05) is 60.7 Å². The van der Waals surface area contributed by atoms with Crippen LogP contribution < -0.4 is 51.4 Å². The van der Waals surface area contributed by atoms with Gasteiger partial charge in [-0.15, -0.1) is 35.4 Å². The summed E-state index contributed by atoms with van der Waals surface area (Å²) in [6.45, 7) is 22.0. The molecule has 0 bridgehead atoms. The van der Waals surface area contributed by atoms with Crippen molar-refractivity contribution in [2.45, 2.75) is 69.2 Å². The first-order valence-electron chi connectivity index (χ1n) is 12.3. The van der Waals surface area contributed by atoms with E-state index in [1.165, 1.54) is 59.2 Å². The molecule has 0 saturated heterocycles. The molecular weight excluding hydrogens is 616 g/mol. The van der Waals surface area contributed by atoms with Gasteiger partial charge in [-0.25, -0.2) is 0 Å². The molecule has 2 aromatic carbocycles. The van der Waals surface area contributed by atoms with Crippen LogP contribution in [0.5, 0.6) is 0 Å². The molecule has 0 amide bonds. The van der Waals surface area contributed by atoms with Gasteiger partial charge in [-0.1, -0.05) is 106 Å².